The van der Waals surface area contributed by atoms with Crippen LogP contribution < -0.4 is 5.23 Å². The molecule has 25 heavy (non-hydrogen) atoms. The molecule has 0 aromatic heterocycles. The number of carboxylic acids is 2. The quantitative estimate of drug-likeness (QED) is 0.536. The predicted molar refractivity (Wildman–Crippen MR) is 83.5 cm³/mol. The van der Waals surface area contributed by atoms with Crippen LogP contribution in [-0.2, 0) is 15.6 Å². The summed E-state index contributed by atoms with van der Waals surface area (Å²) in [7, 11) is -4.17. The largest absolute Gasteiger partial charge is 0.595 e. The van der Waals surface area contributed by atoms with Crippen molar-refractivity contribution in [3.63, 3.8) is 0 Å². The van der Waals surface area contributed by atoms with Gasteiger partial charge in [0, 0.05) is 11.6 Å². The van der Waals surface area contributed by atoms with Crippen molar-refractivity contribution in [1.82, 2.24) is 0 Å². The summed E-state index contributed by atoms with van der Waals surface area (Å²) in [5.41, 5.74) is -1.35. The van der Waals surface area contributed by atoms with Crippen molar-refractivity contribution in [3.8, 4) is 0 Å². The maximum atomic E-state index is 12.5. The third kappa shape index (κ3) is 4.00. The molecule has 1 atom stereocenters. The van der Waals surface area contributed by atoms with Gasteiger partial charge in [0.15, 0.2) is 15.5 Å². The lowest BCUT2D eigenvalue weighted by Crippen LogP contribution is -2.99. The molecule has 0 aliphatic rings. The zero-order chi connectivity index (χ0) is 18.8. The molecule has 0 aliphatic carbocycles. The van der Waals surface area contributed by atoms with Crippen LogP contribution in [0.15, 0.2) is 47.4 Å². The van der Waals surface area contributed by atoms with Crippen LogP contribution in [0.25, 0.3) is 0 Å². The average Bonchev–Trinajstić information content (AvgIpc) is 2.54. The smallest absolute Gasteiger partial charge is 0.337 e. The molecule has 0 saturated carbocycles. The van der Waals surface area contributed by atoms with Crippen LogP contribution in [0.3, 0.4) is 0 Å². The minimum atomic E-state index is -4.17. The van der Waals surface area contributed by atoms with Gasteiger partial charge in [0.25, 0.3) is 0 Å². The average molecular weight is 367 g/mol. The second kappa shape index (κ2) is 6.99. The number of benzene rings is 2. The molecule has 132 valence electrons. The molecule has 0 spiro atoms. The number of nitrogens with one attached hydrogen (secondary N) is 1. The molecule has 0 amide bonds. The fraction of sp³-hybridized carbons (Fsp3) is 0.0667. The summed E-state index contributed by atoms with van der Waals surface area (Å²) in [6.45, 7) is 0. The Bertz CT molecular complexity index is 936. The number of quaternary nitrogens is 1. The second-order valence-corrected chi connectivity index (χ2v) is 7.00. The minimum Gasteiger partial charge on any atom is -0.595 e. The van der Waals surface area contributed by atoms with Crippen LogP contribution >= 0.6 is 0 Å². The van der Waals surface area contributed by atoms with Gasteiger partial charge in [-0.2, -0.15) is 5.23 Å². The van der Waals surface area contributed by atoms with E-state index in [0.29, 0.717) is 0 Å². The molecule has 2 aromatic carbocycles. The molecule has 0 bridgehead atoms. The fourth-order valence-electron chi connectivity index (χ4n) is 2.23. The van der Waals surface area contributed by atoms with Gasteiger partial charge in [-0.15, -0.1) is 0 Å². The van der Waals surface area contributed by atoms with Gasteiger partial charge >= 0.3 is 11.9 Å². The fourth-order valence-corrected chi connectivity index (χ4v) is 3.82. The number of carbonyl (C=O) groups is 2. The Morgan fingerprint density at radius 1 is 1.04 bits per heavy atom. The molecular formula is C15H13NO8S. The lowest BCUT2D eigenvalue weighted by Gasteiger charge is -2.16. The summed E-state index contributed by atoms with van der Waals surface area (Å²) >= 11 is 0. The predicted octanol–water partition coefficient (Wildman–Crippen LogP) is 0.460. The highest BCUT2D eigenvalue weighted by Crippen LogP contribution is 2.24. The summed E-state index contributed by atoms with van der Waals surface area (Å²) in [4.78, 5) is 21.7. The molecule has 0 radical (unpaired) electrons. The summed E-state index contributed by atoms with van der Waals surface area (Å²) in [5.74, 6) is -3.56. The number of aromatic carboxylic acids is 2. The Labute approximate surface area is 141 Å². The monoisotopic (exact) mass is 367 g/mol. The topological polar surface area (TPSA) is 156 Å². The van der Waals surface area contributed by atoms with Crippen molar-refractivity contribution >= 4 is 27.5 Å². The summed E-state index contributed by atoms with van der Waals surface area (Å²) in [5, 5.41) is 37.1. The highest BCUT2D eigenvalue weighted by molar-refractivity contribution is 7.90. The number of rotatable bonds is 6. The van der Waals surface area contributed by atoms with E-state index in [1.165, 1.54) is 12.1 Å². The van der Waals surface area contributed by atoms with Crippen LogP contribution in [-0.4, -0.2) is 35.8 Å². The maximum Gasteiger partial charge on any atom is 0.337 e. The number of carboxylic acid groups (broad SMARTS) is 2. The van der Waals surface area contributed by atoms with Crippen LogP contribution in [0.4, 0.5) is 5.69 Å². The van der Waals surface area contributed by atoms with Gasteiger partial charge in [0.2, 0.25) is 0 Å². The molecule has 2 rings (SSSR count). The van der Waals surface area contributed by atoms with Crippen LogP contribution in [0, 0.1) is 5.21 Å². The molecule has 2 aromatic rings. The molecule has 0 aliphatic heterocycles. The zero-order valence-corrected chi connectivity index (χ0v) is 13.4. The highest BCUT2D eigenvalue weighted by atomic mass is 32.2. The molecule has 0 fully saturated rings. The Hall–Kier alpha value is -2.79. The molecule has 0 heterocycles. The van der Waals surface area contributed by atoms with Crippen LogP contribution in [0.2, 0.25) is 0 Å². The van der Waals surface area contributed by atoms with Crippen molar-refractivity contribution in [3.05, 3.63) is 64.4 Å². The summed E-state index contributed by atoms with van der Waals surface area (Å²) in [6, 6.07) is 8.00. The van der Waals surface area contributed by atoms with Gasteiger partial charge < -0.3 is 15.4 Å². The summed E-state index contributed by atoms with van der Waals surface area (Å²) < 4.78 is 25.1. The molecule has 9 nitrogen and oxygen atoms in total. The third-order valence-electron chi connectivity index (χ3n) is 3.39. The van der Waals surface area contributed by atoms with Crippen molar-refractivity contribution < 1.29 is 38.7 Å². The lowest BCUT2D eigenvalue weighted by molar-refractivity contribution is -0.991. The first-order valence-corrected chi connectivity index (χ1v) is 8.43. The standard InChI is InChI=1S/C15H13NO8S/c17-14(18)9-5-6-10(12(7-9)16(21)22)8-25(23,24)13-4-2-1-3-11(13)15(19)20/h1-7,16,21H,8H2,(H,17,18)(H,19,20). The van der Waals surface area contributed by atoms with Gasteiger partial charge in [-0.25, -0.2) is 23.2 Å². The first-order valence-electron chi connectivity index (χ1n) is 6.78. The second-order valence-electron chi connectivity index (χ2n) is 5.04. The van der Waals surface area contributed by atoms with E-state index in [1.54, 1.807) is 0 Å². The molecule has 4 N–H and O–H groups in total. The van der Waals surface area contributed by atoms with E-state index < -0.39 is 48.9 Å². The molecular weight excluding hydrogens is 354 g/mol. The van der Waals surface area contributed by atoms with Gasteiger partial charge in [-0.3, -0.25) is 0 Å². The highest BCUT2D eigenvalue weighted by Gasteiger charge is 2.25. The number of hydrogen-bond acceptors (Lipinski definition) is 6. The van der Waals surface area contributed by atoms with E-state index >= 15 is 0 Å². The minimum absolute atomic E-state index is 0.141. The van der Waals surface area contributed by atoms with E-state index in [4.69, 9.17) is 10.2 Å². The molecule has 0 saturated heterocycles. The Kier molecular flexibility index (Phi) is 5.18. The van der Waals surface area contributed by atoms with Gasteiger partial charge in [0.05, 0.1) is 21.8 Å². The SMILES string of the molecule is O=C(O)c1ccc(CS(=O)(=O)c2ccccc2C(=O)O)c([NH+]([O-])O)c1. The molecule has 10 heteroatoms. The van der Waals surface area contributed by atoms with E-state index in [2.05, 4.69) is 0 Å². The van der Waals surface area contributed by atoms with Crippen LogP contribution in [0.1, 0.15) is 26.3 Å². The van der Waals surface area contributed by atoms with E-state index in [0.717, 1.165) is 30.3 Å². The van der Waals surface area contributed by atoms with Crippen molar-refractivity contribution in [2.24, 2.45) is 0 Å². The van der Waals surface area contributed by atoms with Crippen molar-refractivity contribution in [1.29, 1.82) is 0 Å². The summed E-state index contributed by atoms with van der Waals surface area (Å²) in [6.07, 6.45) is 0. The Balaban J connectivity index is 2.52. The van der Waals surface area contributed by atoms with Gasteiger partial charge in [-0.1, -0.05) is 18.2 Å². The molecule has 1 unspecified atom stereocenters. The number of hydrogen-bond donors (Lipinski definition) is 4. The van der Waals surface area contributed by atoms with E-state index in [-0.39, 0.29) is 11.1 Å². The van der Waals surface area contributed by atoms with Gasteiger partial charge in [0.1, 0.15) is 0 Å². The Morgan fingerprint density at radius 2 is 1.68 bits per heavy atom. The first kappa shape index (κ1) is 18.5. The number of sulfone groups is 1. The maximum absolute atomic E-state index is 12.5. The Morgan fingerprint density at radius 3 is 2.24 bits per heavy atom. The van der Waals surface area contributed by atoms with E-state index in [1.807, 2.05) is 0 Å². The lowest BCUT2D eigenvalue weighted by atomic mass is 10.1. The first-order chi connectivity index (χ1) is 11.6. The van der Waals surface area contributed by atoms with Crippen molar-refractivity contribution in [2.45, 2.75) is 10.6 Å². The van der Waals surface area contributed by atoms with Crippen molar-refractivity contribution in [2.75, 3.05) is 0 Å². The normalized spacial score (nSPS) is 12.6. The van der Waals surface area contributed by atoms with E-state index in [9.17, 15) is 28.4 Å². The third-order valence-corrected chi connectivity index (χ3v) is 5.10. The zero-order valence-electron chi connectivity index (χ0n) is 12.5. The van der Waals surface area contributed by atoms with Crippen LogP contribution in [0.5, 0.6) is 0 Å². The van der Waals surface area contributed by atoms with Gasteiger partial charge in [-0.05, 0) is 18.2 Å².